The summed E-state index contributed by atoms with van der Waals surface area (Å²) in [7, 11) is 0. The third kappa shape index (κ3) is 2.74. The van der Waals surface area contributed by atoms with Crippen LogP contribution in [-0.2, 0) is 4.74 Å². The van der Waals surface area contributed by atoms with Crippen LogP contribution in [0.15, 0.2) is 18.3 Å². The van der Waals surface area contributed by atoms with Gasteiger partial charge in [0, 0.05) is 31.3 Å². The minimum absolute atomic E-state index is 0.103. The zero-order valence-electron chi connectivity index (χ0n) is 12.3. The van der Waals surface area contributed by atoms with Crippen molar-refractivity contribution >= 4 is 5.82 Å². The van der Waals surface area contributed by atoms with Crippen LogP contribution in [0.5, 0.6) is 0 Å². The van der Waals surface area contributed by atoms with Gasteiger partial charge in [0.25, 0.3) is 0 Å². The quantitative estimate of drug-likeness (QED) is 0.896. The number of hydrogen-bond acceptors (Lipinski definition) is 5. The Hall–Kier alpha value is -1.64. The molecule has 0 unspecified atom stereocenters. The van der Waals surface area contributed by atoms with Crippen LogP contribution in [0.4, 0.5) is 5.82 Å². The monoisotopic (exact) mass is 287 g/mol. The number of anilines is 1. The van der Waals surface area contributed by atoms with E-state index in [-0.39, 0.29) is 12.0 Å². The van der Waals surface area contributed by atoms with Crippen LogP contribution in [-0.4, -0.2) is 41.5 Å². The number of hydrogen-bond donors (Lipinski definition) is 1. The van der Waals surface area contributed by atoms with Crippen LogP contribution >= 0.6 is 0 Å². The molecule has 0 bridgehead atoms. The number of nitrogens with zero attached hydrogens (tertiary/aromatic N) is 3. The van der Waals surface area contributed by atoms with Gasteiger partial charge in [-0.2, -0.15) is 5.26 Å². The third-order valence-corrected chi connectivity index (χ3v) is 4.78. The summed E-state index contributed by atoms with van der Waals surface area (Å²) in [4.78, 5) is 6.66. The lowest BCUT2D eigenvalue weighted by atomic mass is 9.79. The van der Waals surface area contributed by atoms with Crippen LogP contribution in [0.1, 0.15) is 31.7 Å². The fourth-order valence-corrected chi connectivity index (χ4v) is 3.50. The Labute approximate surface area is 125 Å². The van der Waals surface area contributed by atoms with Crippen molar-refractivity contribution in [2.75, 3.05) is 24.7 Å². The van der Waals surface area contributed by atoms with E-state index >= 15 is 0 Å². The number of ether oxygens (including phenoxy) is 1. The molecule has 2 fully saturated rings. The van der Waals surface area contributed by atoms with E-state index in [1.54, 1.807) is 12.3 Å². The molecule has 0 saturated carbocycles. The number of pyridine rings is 1. The number of rotatable bonds is 2. The molecule has 2 saturated heterocycles. The first kappa shape index (κ1) is 14.3. The fourth-order valence-electron chi connectivity index (χ4n) is 3.50. The Morgan fingerprint density at radius 3 is 3.05 bits per heavy atom. The smallest absolute Gasteiger partial charge is 0.128 e. The van der Waals surface area contributed by atoms with E-state index in [0.717, 1.165) is 25.2 Å². The fraction of sp³-hybridized carbons (Fsp3) is 0.625. The average Bonchev–Trinajstić information content (AvgIpc) is 2.96. The SMILES string of the molecule is C[C@]1(O)CCOC[C@H]1[C@@H]1CCCN1c1ccc(C#N)cn1. The molecule has 1 N–H and O–H groups in total. The van der Waals surface area contributed by atoms with Gasteiger partial charge in [0.2, 0.25) is 0 Å². The van der Waals surface area contributed by atoms with Crippen molar-refractivity contribution in [2.24, 2.45) is 5.92 Å². The lowest BCUT2D eigenvalue weighted by Crippen LogP contribution is -2.52. The maximum Gasteiger partial charge on any atom is 0.128 e. The van der Waals surface area contributed by atoms with E-state index in [4.69, 9.17) is 10.00 Å². The predicted molar refractivity (Wildman–Crippen MR) is 78.9 cm³/mol. The van der Waals surface area contributed by atoms with Crippen LogP contribution in [0.3, 0.4) is 0 Å². The highest BCUT2D eigenvalue weighted by Gasteiger charge is 2.44. The molecule has 1 aromatic rings. The molecule has 0 spiro atoms. The number of nitriles is 1. The molecular formula is C16H21N3O2. The Kier molecular flexibility index (Phi) is 3.83. The summed E-state index contributed by atoms with van der Waals surface area (Å²) in [5.41, 5.74) is -0.111. The number of aliphatic hydroxyl groups is 1. The van der Waals surface area contributed by atoms with Crippen molar-refractivity contribution in [3.63, 3.8) is 0 Å². The van der Waals surface area contributed by atoms with Gasteiger partial charge in [-0.15, -0.1) is 0 Å². The summed E-state index contributed by atoms with van der Waals surface area (Å²) in [6.07, 6.45) is 4.44. The first-order valence-electron chi connectivity index (χ1n) is 7.55. The van der Waals surface area contributed by atoms with Crippen LogP contribution in [0, 0.1) is 17.2 Å². The van der Waals surface area contributed by atoms with Crippen molar-refractivity contribution in [2.45, 2.75) is 37.8 Å². The highest BCUT2D eigenvalue weighted by Crippen LogP contribution is 2.37. The van der Waals surface area contributed by atoms with E-state index < -0.39 is 5.60 Å². The highest BCUT2D eigenvalue weighted by atomic mass is 16.5. The Morgan fingerprint density at radius 1 is 1.52 bits per heavy atom. The molecule has 0 radical (unpaired) electrons. The van der Waals surface area contributed by atoms with Crippen LogP contribution in [0.25, 0.3) is 0 Å². The summed E-state index contributed by atoms with van der Waals surface area (Å²) in [5.74, 6) is 0.990. The molecular weight excluding hydrogens is 266 g/mol. The zero-order valence-corrected chi connectivity index (χ0v) is 12.3. The second kappa shape index (κ2) is 5.63. The number of aromatic nitrogens is 1. The van der Waals surface area contributed by atoms with Crippen LogP contribution < -0.4 is 4.90 Å². The third-order valence-electron chi connectivity index (χ3n) is 4.78. The first-order valence-corrected chi connectivity index (χ1v) is 7.55. The van der Waals surface area contributed by atoms with E-state index in [1.165, 1.54) is 0 Å². The minimum atomic E-state index is -0.682. The molecule has 112 valence electrons. The lowest BCUT2D eigenvalue weighted by molar-refractivity contribution is -0.108. The maximum absolute atomic E-state index is 10.7. The molecule has 3 rings (SSSR count). The lowest BCUT2D eigenvalue weighted by Gasteiger charge is -2.43. The van der Waals surface area contributed by atoms with Gasteiger partial charge in [0.15, 0.2) is 0 Å². The van der Waals surface area contributed by atoms with E-state index in [1.807, 2.05) is 13.0 Å². The van der Waals surface area contributed by atoms with E-state index in [9.17, 15) is 5.11 Å². The molecule has 3 atom stereocenters. The largest absolute Gasteiger partial charge is 0.390 e. The molecule has 2 aliphatic rings. The predicted octanol–water partition coefficient (Wildman–Crippen LogP) is 1.71. The van der Waals surface area contributed by atoms with Gasteiger partial charge in [-0.3, -0.25) is 0 Å². The van der Waals surface area contributed by atoms with E-state index in [0.29, 0.717) is 25.2 Å². The summed E-state index contributed by atoms with van der Waals surface area (Å²) < 4.78 is 5.60. The van der Waals surface area contributed by atoms with Crippen molar-refractivity contribution in [1.29, 1.82) is 5.26 Å². The Morgan fingerprint density at radius 2 is 2.38 bits per heavy atom. The minimum Gasteiger partial charge on any atom is -0.390 e. The van der Waals surface area contributed by atoms with Crippen molar-refractivity contribution in [1.82, 2.24) is 4.98 Å². The van der Waals surface area contributed by atoms with Gasteiger partial charge < -0.3 is 14.7 Å². The molecule has 5 heteroatoms. The van der Waals surface area contributed by atoms with Gasteiger partial charge in [-0.25, -0.2) is 4.98 Å². The Bertz CT molecular complexity index is 535. The van der Waals surface area contributed by atoms with Gasteiger partial charge in [-0.05, 0) is 38.3 Å². The maximum atomic E-state index is 10.7. The van der Waals surface area contributed by atoms with Crippen molar-refractivity contribution < 1.29 is 9.84 Å². The van der Waals surface area contributed by atoms with Gasteiger partial charge in [-0.1, -0.05) is 0 Å². The molecule has 0 aromatic carbocycles. The van der Waals surface area contributed by atoms with Crippen molar-refractivity contribution in [3.8, 4) is 6.07 Å². The first-order chi connectivity index (χ1) is 10.1. The normalized spacial score (nSPS) is 32.9. The molecule has 21 heavy (non-hydrogen) atoms. The van der Waals surface area contributed by atoms with Gasteiger partial charge in [0.05, 0.1) is 17.8 Å². The van der Waals surface area contributed by atoms with Crippen LogP contribution in [0.2, 0.25) is 0 Å². The summed E-state index contributed by atoms with van der Waals surface area (Å²) in [6.45, 7) is 4.09. The molecule has 3 heterocycles. The summed E-state index contributed by atoms with van der Waals surface area (Å²) in [6, 6.07) is 6.04. The van der Waals surface area contributed by atoms with E-state index in [2.05, 4.69) is 16.0 Å². The molecule has 0 aliphatic carbocycles. The highest BCUT2D eigenvalue weighted by molar-refractivity contribution is 5.44. The van der Waals surface area contributed by atoms with Crippen molar-refractivity contribution in [3.05, 3.63) is 23.9 Å². The second-order valence-electron chi connectivity index (χ2n) is 6.21. The second-order valence-corrected chi connectivity index (χ2v) is 6.21. The molecule has 0 amide bonds. The molecule has 5 nitrogen and oxygen atoms in total. The van der Waals surface area contributed by atoms with Gasteiger partial charge >= 0.3 is 0 Å². The zero-order chi connectivity index (χ0) is 14.9. The summed E-state index contributed by atoms with van der Waals surface area (Å²) >= 11 is 0. The Balaban J connectivity index is 1.83. The summed E-state index contributed by atoms with van der Waals surface area (Å²) in [5, 5.41) is 19.5. The van der Waals surface area contributed by atoms with Gasteiger partial charge in [0.1, 0.15) is 11.9 Å². The standard InChI is InChI=1S/C16H21N3O2/c1-16(20)6-8-21-11-13(16)14-3-2-7-19(14)15-5-4-12(9-17)10-18-15/h4-5,10,13-14,20H,2-3,6-8,11H2,1H3/t13-,14-,16-/m0/s1. The molecule has 2 aliphatic heterocycles. The average molecular weight is 287 g/mol. The molecule has 1 aromatic heterocycles. The topological polar surface area (TPSA) is 69.4 Å².